The van der Waals surface area contributed by atoms with Gasteiger partial charge in [0.1, 0.15) is 0 Å². The molecule has 0 aliphatic carbocycles. The van der Waals surface area contributed by atoms with Gasteiger partial charge < -0.3 is 11.1 Å². The van der Waals surface area contributed by atoms with E-state index in [9.17, 15) is 9.59 Å². The topological polar surface area (TPSA) is 90.0 Å². The van der Waals surface area contributed by atoms with Crippen molar-refractivity contribution in [2.45, 2.75) is 6.92 Å². The summed E-state index contributed by atoms with van der Waals surface area (Å²) < 4.78 is 1.47. The van der Waals surface area contributed by atoms with Gasteiger partial charge in [-0.15, -0.1) is 0 Å². The number of nitrogens with one attached hydrogen (secondary N) is 1. The molecule has 0 aliphatic heterocycles. The Hall–Kier alpha value is -2.63. The van der Waals surface area contributed by atoms with E-state index in [-0.39, 0.29) is 11.5 Å². The van der Waals surface area contributed by atoms with Crippen molar-refractivity contribution in [1.82, 2.24) is 9.78 Å². The lowest BCUT2D eigenvalue weighted by Gasteiger charge is -2.05. The van der Waals surface area contributed by atoms with Crippen molar-refractivity contribution in [3.63, 3.8) is 0 Å². The van der Waals surface area contributed by atoms with Crippen LogP contribution in [0.25, 0.3) is 0 Å². The van der Waals surface area contributed by atoms with E-state index in [1.807, 2.05) is 0 Å². The van der Waals surface area contributed by atoms with Gasteiger partial charge >= 0.3 is 0 Å². The zero-order valence-electron chi connectivity index (χ0n) is 10.7. The normalized spacial score (nSPS) is 10.2. The van der Waals surface area contributed by atoms with Crippen LogP contribution in [0.1, 0.15) is 27.8 Å². The van der Waals surface area contributed by atoms with Crippen LogP contribution in [-0.2, 0) is 7.05 Å². The molecule has 2 aromatic rings. The fraction of sp³-hybridized carbons (Fsp3) is 0.154. The van der Waals surface area contributed by atoms with Crippen LogP contribution in [-0.4, -0.2) is 21.5 Å². The maximum atomic E-state index is 12.0. The number of ketones is 1. The smallest absolute Gasteiger partial charge is 0.278 e. The summed E-state index contributed by atoms with van der Waals surface area (Å²) in [5.41, 5.74) is 7.21. The predicted molar refractivity (Wildman–Crippen MR) is 72.0 cm³/mol. The maximum absolute atomic E-state index is 12.0. The Morgan fingerprint density at radius 1 is 1.37 bits per heavy atom. The molecule has 1 heterocycles. The number of hydrogen-bond acceptors (Lipinski definition) is 4. The molecule has 1 aromatic carbocycles. The molecule has 0 spiro atoms. The number of nitrogens with zero attached hydrogens (tertiary/aromatic N) is 2. The van der Waals surface area contributed by atoms with Crippen LogP contribution in [0, 0.1) is 0 Å². The minimum absolute atomic E-state index is 0.0616. The van der Waals surface area contributed by atoms with Crippen LogP contribution < -0.4 is 11.1 Å². The summed E-state index contributed by atoms with van der Waals surface area (Å²) >= 11 is 0. The van der Waals surface area contributed by atoms with Crippen LogP contribution in [0.3, 0.4) is 0 Å². The van der Waals surface area contributed by atoms with Gasteiger partial charge in [-0.05, 0) is 19.1 Å². The summed E-state index contributed by atoms with van der Waals surface area (Å²) in [6.07, 6.45) is 1.56. The van der Waals surface area contributed by atoms with E-state index in [1.165, 1.54) is 11.6 Å². The molecule has 2 rings (SSSR count). The molecule has 1 amide bonds. The number of carbonyl (C=O) groups is 2. The molecule has 0 radical (unpaired) electrons. The van der Waals surface area contributed by atoms with Crippen molar-refractivity contribution in [1.29, 1.82) is 0 Å². The first-order valence-electron chi connectivity index (χ1n) is 5.69. The van der Waals surface area contributed by atoms with Gasteiger partial charge in [-0.3, -0.25) is 14.3 Å². The number of anilines is 2. The number of Topliss-reactive ketones (excluding diaryl/α,β-unsaturated/α-hetero) is 1. The highest BCUT2D eigenvalue weighted by atomic mass is 16.2. The lowest BCUT2D eigenvalue weighted by atomic mass is 10.1. The van der Waals surface area contributed by atoms with E-state index in [0.717, 1.165) is 0 Å². The number of hydrogen-bond donors (Lipinski definition) is 2. The van der Waals surface area contributed by atoms with Gasteiger partial charge in [0, 0.05) is 24.5 Å². The third-order valence-electron chi connectivity index (χ3n) is 2.60. The number of nitrogens with two attached hydrogens (primary N) is 1. The molecule has 6 heteroatoms. The Kier molecular flexibility index (Phi) is 3.33. The van der Waals surface area contributed by atoms with Crippen LogP contribution in [0.15, 0.2) is 30.5 Å². The Balaban J connectivity index is 2.21. The van der Waals surface area contributed by atoms with Crippen LogP contribution in [0.4, 0.5) is 11.4 Å². The molecule has 3 N–H and O–H groups in total. The molecule has 0 bridgehead atoms. The first kappa shape index (κ1) is 12.8. The van der Waals surface area contributed by atoms with Crippen molar-refractivity contribution < 1.29 is 9.59 Å². The maximum Gasteiger partial charge on any atom is 0.278 e. The minimum Gasteiger partial charge on any atom is -0.396 e. The van der Waals surface area contributed by atoms with E-state index in [1.54, 1.807) is 37.5 Å². The standard InChI is InChI=1S/C13H14N4O2/c1-8(18)9-4-3-5-10(6-9)15-13(19)12-11(14)7-17(2)16-12/h3-7H,14H2,1-2H3,(H,15,19). The first-order valence-corrected chi connectivity index (χ1v) is 5.69. The number of aromatic nitrogens is 2. The Labute approximate surface area is 110 Å². The van der Waals surface area contributed by atoms with Crippen LogP contribution in [0.5, 0.6) is 0 Å². The number of rotatable bonds is 3. The Morgan fingerprint density at radius 2 is 2.11 bits per heavy atom. The second-order valence-electron chi connectivity index (χ2n) is 4.20. The molecule has 6 nitrogen and oxygen atoms in total. The average molecular weight is 258 g/mol. The summed E-state index contributed by atoms with van der Waals surface area (Å²) in [5.74, 6) is -0.466. The van der Waals surface area contributed by atoms with Crippen molar-refractivity contribution >= 4 is 23.1 Å². The van der Waals surface area contributed by atoms with Gasteiger partial charge in [-0.25, -0.2) is 0 Å². The molecule has 0 unspecified atom stereocenters. The van der Waals surface area contributed by atoms with Crippen molar-refractivity contribution in [2.24, 2.45) is 7.05 Å². The number of carbonyl (C=O) groups excluding carboxylic acids is 2. The van der Waals surface area contributed by atoms with Crippen molar-refractivity contribution in [3.8, 4) is 0 Å². The van der Waals surface area contributed by atoms with Crippen LogP contribution >= 0.6 is 0 Å². The van der Waals surface area contributed by atoms with Gasteiger partial charge in [0.2, 0.25) is 0 Å². The highest BCUT2D eigenvalue weighted by Crippen LogP contribution is 2.14. The summed E-state index contributed by atoms with van der Waals surface area (Å²) in [6, 6.07) is 6.70. The first-order chi connectivity index (χ1) is 8.97. The highest BCUT2D eigenvalue weighted by Gasteiger charge is 2.14. The van der Waals surface area contributed by atoms with Gasteiger partial charge in [0.05, 0.1) is 5.69 Å². The van der Waals surface area contributed by atoms with Gasteiger partial charge in [0.15, 0.2) is 11.5 Å². The van der Waals surface area contributed by atoms with E-state index in [2.05, 4.69) is 10.4 Å². The Morgan fingerprint density at radius 3 is 2.68 bits per heavy atom. The zero-order chi connectivity index (χ0) is 14.0. The number of benzene rings is 1. The van der Waals surface area contributed by atoms with E-state index in [4.69, 9.17) is 5.73 Å². The lowest BCUT2D eigenvalue weighted by Crippen LogP contribution is -2.14. The fourth-order valence-corrected chi connectivity index (χ4v) is 1.69. The summed E-state index contributed by atoms with van der Waals surface area (Å²) in [6.45, 7) is 1.47. The largest absolute Gasteiger partial charge is 0.396 e. The third kappa shape index (κ3) is 2.79. The molecule has 0 saturated carbocycles. The SMILES string of the molecule is CC(=O)c1cccc(NC(=O)c2nn(C)cc2N)c1. The minimum atomic E-state index is -0.404. The number of amides is 1. The highest BCUT2D eigenvalue weighted by molar-refractivity contribution is 6.06. The second-order valence-corrected chi connectivity index (χ2v) is 4.20. The van der Waals surface area contributed by atoms with E-state index in [0.29, 0.717) is 16.9 Å². The summed E-state index contributed by atoms with van der Waals surface area (Å²) in [5, 5.41) is 6.64. The van der Waals surface area contributed by atoms with Gasteiger partial charge in [-0.1, -0.05) is 12.1 Å². The predicted octanol–water partition coefficient (Wildman–Crippen LogP) is 1.46. The van der Waals surface area contributed by atoms with E-state index < -0.39 is 5.91 Å². The van der Waals surface area contributed by atoms with Gasteiger partial charge in [0.25, 0.3) is 5.91 Å². The molecular weight excluding hydrogens is 244 g/mol. The van der Waals surface area contributed by atoms with Crippen LogP contribution in [0.2, 0.25) is 0 Å². The lowest BCUT2D eigenvalue weighted by molar-refractivity contribution is 0.100. The number of nitrogen functional groups attached to an aromatic ring is 1. The molecule has 0 saturated heterocycles. The molecule has 0 aliphatic rings. The average Bonchev–Trinajstić information content (AvgIpc) is 2.69. The van der Waals surface area contributed by atoms with Crippen molar-refractivity contribution in [2.75, 3.05) is 11.1 Å². The van der Waals surface area contributed by atoms with Gasteiger partial charge in [-0.2, -0.15) is 5.10 Å². The second kappa shape index (κ2) is 4.93. The molecule has 0 atom stereocenters. The molecule has 1 aromatic heterocycles. The molecular formula is C13H14N4O2. The summed E-state index contributed by atoms with van der Waals surface area (Å²) in [7, 11) is 1.68. The van der Waals surface area contributed by atoms with E-state index >= 15 is 0 Å². The summed E-state index contributed by atoms with van der Waals surface area (Å²) in [4.78, 5) is 23.2. The van der Waals surface area contributed by atoms with Crippen molar-refractivity contribution in [3.05, 3.63) is 41.7 Å². The molecule has 98 valence electrons. The monoisotopic (exact) mass is 258 g/mol. The molecule has 0 fully saturated rings. The quantitative estimate of drug-likeness (QED) is 0.815. The Bertz CT molecular complexity index is 646. The zero-order valence-corrected chi connectivity index (χ0v) is 10.7. The fourth-order valence-electron chi connectivity index (χ4n) is 1.69. The third-order valence-corrected chi connectivity index (χ3v) is 2.60. The molecule has 19 heavy (non-hydrogen) atoms. The number of aryl methyl sites for hydroxylation is 1.